The van der Waals surface area contributed by atoms with Gasteiger partial charge >= 0.3 is 0 Å². The average molecular weight is 427 g/mol. The lowest BCUT2D eigenvalue weighted by atomic mass is 9.98. The minimum Gasteiger partial charge on any atom is -0.457 e. The molecule has 154 valence electrons. The molecule has 3 heterocycles. The molecule has 1 aliphatic rings. The van der Waals surface area contributed by atoms with Crippen LogP contribution in [0.3, 0.4) is 0 Å². The molecule has 0 amide bonds. The SMILES string of the molecule is Cn1ccc([C@H]2[C@H](c3ccccn3)NC(=S)N2c2ccc(Oc3ccccc3)cc2)c1. The zero-order valence-electron chi connectivity index (χ0n) is 17.1. The Morgan fingerprint density at radius 2 is 1.65 bits per heavy atom. The predicted molar refractivity (Wildman–Crippen MR) is 126 cm³/mol. The molecule has 0 bridgehead atoms. The molecule has 0 saturated carbocycles. The number of aromatic nitrogens is 2. The van der Waals surface area contributed by atoms with Gasteiger partial charge in [0, 0.05) is 31.3 Å². The predicted octanol–water partition coefficient (Wildman–Crippen LogP) is 5.39. The van der Waals surface area contributed by atoms with Crippen molar-refractivity contribution in [3.05, 3.63) is 109 Å². The summed E-state index contributed by atoms with van der Waals surface area (Å²) >= 11 is 5.77. The Hall–Kier alpha value is -3.64. The van der Waals surface area contributed by atoms with Crippen LogP contribution in [0.4, 0.5) is 5.69 Å². The van der Waals surface area contributed by atoms with E-state index in [1.807, 2.05) is 86.0 Å². The van der Waals surface area contributed by atoms with E-state index in [-0.39, 0.29) is 12.1 Å². The van der Waals surface area contributed by atoms with Gasteiger partial charge in [-0.1, -0.05) is 24.3 Å². The van der Waals surface area contributed by atoms with Crippen LogP contribution in [0.25, 0.3) is 0 Å². The number of aryl methyl sites for hydroxylation is 1. The van der Waals surface area contributed by atoms with Gasteiger partial charge in [-0.05, 0) is 72.4 Å². The summed E-state index contributed by atoms with van der Waals surface area (Å²) in [6.07, 6.45) is 6.01. The van der Waals surface area contributed by atoms with Gasteiger partial charge in [-0.25, -0.2) is 0 Å². The van der Waals surface area contributed by atoms with E-state index in [2.05, 4.69) is 38.2 Å². The minimum absolute atomic E-state index is 0.00973. The van der Waals surface area contributed by atoms with Gasteiger partial charge in [-0.2, -0.15) is 0 Å². The first-order valence-corrected chi connectivity index (χ1v) is 10.6. The van der Waals surface area contributed by atoms with Crippen LogP contribution in [0, 0.1) is 0 Å². The van der Waals surface area contributed by atoms with Crippen molar-refractivity contribution in [2.45, 2.75) is 12.1 Å². The number of ether oxygens (including phenoxy) is 1. The zero-order chi connectivity index (χ0) is 21.2. The van der Waals surface area contributed by atoms with Gasteiger partial charge < -0.3 is 19.5 Å². The van der Waals surface area contributed by atoms with Gasteiger partial charge in [-0.3, -0.25) is 4.98 Å². The highest BCUT2D eigenvalue weighted by atomic mass is 32.1. The Labute approximate surface area is 186 Å². The molecule has 5 nitrogen and oxygen atoms in total. The Morgan fingerprint density at radius 1 is 0.903 bits per heavy atom. The number of nitrogens with zero attached hydrogens (tertiary/aromatic N) is 3. The molecule has 2 aromatic carbocycles. The van der Waals surface area contributed by atoms with Gasteiger partial charge in [0.1, 0.15) is 11.5 Å². The largest absolute Gasteiger partial charge is 0.457 e. The van der Waals surface area contributed by atoms with Crippen molar-refractivity contribution in [2.75, 3.05) is 4.90 Å². The van der Waals surface area contributed by atoms with Crippen LogP contribution in [0.15, 0.2) is 97.5 Å². The first-order chi connectivity index (χ1) is 15.2. The standard InChI is InChI=1S/C25H22N4OS/c1-28-16-14-18(17-28)24-23(22-9-5-6-15-26-22)27-25(31)29(24)19-10-12-21(13-11-19)30-20-7-3-2-4-8-20/h2-17,23-24H,1H3,(H,27,31)/t23-,24-/m0/s1. The van der Waals surface area contributed by atoms with E-state index < -0.39 is 0 Å². The maximum Gasteiger partial charge on any atom is 0.174 e. The summed E-state index contributed by atoms with van der Waals surface area (Å²) in [6, 6.07) is 25.9. The van der Waals surface area contributed by atoms with Crippen LogP contribution < -0.4 is 15.0 Å². The summed E-state index contributed by atoms with van der Waals surface area (Å²) < 4.78 is 8.00. The summed E-state index contributed by atoms with van der Waals surface area (Å²) in [5, 5.41) is 4.17. The van der Waals surface area contributed by atoms with Gasteiger partial charge in [0.05, 0.1) is 17.8 Å². The van der Waals surface area contributed by atoms with Crippen molar-refractivity contribution >= 4 is 23.0 Å². The average Bonchev–Trinajstić information content (AvgIpc) is 3.38. The molecule has 6 heteroatoms. The third kappa shape index (κ3) is 3.90. The first-order valence-electron chi connectivity index (χ1n) is 10.1. The highest BCUT2D eigenvalue weighted by Gasteiger charge is 2.40. The molecule has 2 atom stereocenters. The van der Waals surface area contributed by atoms with E-state index in [9.17, 15) is 0 Å². The van der Waals surface area contributed by atoms with E-state index in [1.165, 1.54) is 5.56 Å². The molecule has 5 rings (SSSR count). The highest BCUT2D eigenvalue weighted by Crippen LogP contribution is 2.41. The Balaban J connectivity index is 1.48. The third-order valence-electron chi connectivity index (χ3n) is 5.39. The Kier molecular flexibility index (Phi) is 5.14. The smallest absolute Gasteiger partial charge is 0.174 e. The Bertz CT molecular complexity index is 1180. The molecule has 0 aliphatic carbocycles. The zero-order valence-corrected chi connectivity index (χ0v) is 17.9. The molecule has 4 aromatic rings. The topological polar surface area (TPSA) is 42.3 Å². The van der Waals surface area contributed by atoms with Crippen LogP contribution in [0.1, 0.15) is 23.3 Å². The summed E-state index contributed by atoms with van der Waals surface area (Å²) in [7, 11) is 2.03. The van der Waals surface area contributed by atoms with Gasteiger partial charge in [0.25, 0.3) is 0 Å². The van der Waals surface area contributed by atoms with E-state index in [4.69, 9.17) is 17.0 Å². The van der Waals surface area contributed by atoms with E-state index in [1.54, 1.807) is 0 Å². The number of rotatable bonds is 5. The lowest BCUT2D eigenvalue weighted by Crippen LogP contribution is -2.29. The molecule has 1 fully saturated rings. The van der Waals surface area contributed by atoms with Crippen LogP contribution in [0.5, 0.6) is 11.5 Å². The lowest BCUT2D eigenvalue weighted by molar-refractivity contribution is 0.482. The molecule has 0 radical (unpaired) electrons. The van der Waals surface area contributed by atoms with Crippen LogP contribution in [0.2, 0.25) is 0 Å². The number of hydrogen-bond donors (Lipinski definition) is 1. The van der Waals surface area contributed by atoms with Crippen LogP contribution in [-0.4, -0.2) is 14.7 Å². The molecule has 1 aliphatic heterocycles. The Morgan fingerprint density at radius 3 is 2.32 bits per heavy atom. The molecule has 1 N–H and O–H groups in total. The van der Waals surface area contributed by atoms with E-state index >= 15 is 0 Å². The highest BCUT2D eigenvalue weighted by molar-refractivity contribution is 7.80. The normalized spacial score (nSPS) is 18.1. The molecule has 31 heavy (non-hydrogen) atoms. The first kappa shape index (κ1) is 19.3. The van der Waals surface area contributed by atoms with Gasteiger partial charge in [-0.15, -0.1) is 0 Å². The van der Waals surface area contributed by atoms with Crippen molar-refractivity contribution < 1.29 is 4.74 Å². The summed E-state index contributed by atoms with van der Waals surface area (Å²) in [5.74, 6) is 1.59. The summed E-state index contributed by atoms with van der Waals surface area (Å²) in [6.45, 7) is 0. The molecular formula is C25H22N4OS. The second-order valence-electron chi connectivity index (χ2n) is 7.52. The number of nitrogens with one attached hydrogen (secondary N) is 1. The number of benzene rings is 2. The molecule has 2 aromatic heterocycles. The second kappa shape index (κ2) is 8.24. The molecule has 0 spiro atoms. The molecule has 1 saturated heterocycles. The fourth-order valence-electron chi connectivity index (χ4n) is 3.97. The lowest BCUT2D eigenvalue weighted by Gasteiger charge is -2.27. The van der Waals surface area contributed by atoms with Gasteiger partial charge in [0.2, 0.25) is 0 Å². The second-order valence-corrected chi connectivity index (χ2v) is 7.90. The fraction of sp³-hybridized carbons (Fsp3) is 0.120. The van der Waals surface area contributed by atoms with Crippen LogP contribution in [-0.2, 0) is 7.05 Å². The maximum atomic E-state index is 5.95. The van der Waals surface area contributed by atoms with Crippen molar-refractivity contribution in [1.82, 2.24) is 14.9 Å². The van der Waals surface area contributed by atoms with Crippen molar-refractivity contribution in [1.29, 1.82) is 0 Å². The van der Waals surface area contributed by atoms with Crippen molar-refractivity contribution in [3.8, 4) is 11.5 Å². The third-order valence-corrected chi connectivity index (χ3v) is 5.70. The summed E-state index contributed by atoms with van der Waals surface area (Å²) in [4.78, 5) is 6.75. The summed E-state index contributed by atoms with van der Waals surface area (Å²) in [5.41, 5.74) is 3.14. The van der Waals surface area contributed by atoms with E-state index in [0.717, 1.165) is 22.9 Å². The van der Waals surface area contributed by atoms with Crippen molar-refractivity contribution in [2.24, 2.45) is 7.05 Å². The van der Waals surface area contributed by atoms with E-state index in [0.29, 0.717) is 5.11 Å². The van der Waals surface area contributed by atoms with Crippen molar-refractivity contribution in [3.63, 3.8) is 0 Å². The number of para-hydroxylation sites is 1. The van der Waals surface area contributed by atoms with Gasteiger partial charge in [0.15, 0.2) is 5.11 Å². The van der Waals surface area contributed by atoms with Crippen LogP contribution >= 0.6 is 12.2 Å². The number of pyridine rings is 1. The quantitative estimate of drug-likeness (QED) is 0.434. The minimum atomic E-state index is -0.0451. The number of thiocarbonyl (C=S) groups is 1. The monoisotopic (exact) mass is 426 g/mol. The fourth-order valence-corrected chi connectivity index (χ4v) is 4.32. The maximum absolute atomic E-state index is 5.95. The molecular weight excluding hydrogens is 404 g/mol. The number of anilines is 1. The molecule has 0 unspecified atom stereocenters. The number of hydrogen-bond acceptors (Lipinski definition) is 3.